The van der Waals surface area contributed by atoms with E-state index >= 15 is 0 Å². The van der Waals surface area contributed by atoms with E-state index in [2.05, 4.69) is 46.4 Å². The highest BCUT2D eigenvalue weighted by molar-refractivity contribution is 5.85. The van der Waals surface area contributed by atoms with Gasteiger partial charge < -0.3 is 32.0 Å². The van der Waals surface area contributed by atoms with Gasteiger partial charge in [-0.15, -0.1) is 0 Å². The molecule has 0 aromatic heterocycles. The van der Waals surface area contributed by atoms with Crippen LogP contribution < -0.4 is 22.1 Å². The van der Waals surface area contributed by atoms with Gasteiger partial charge in [-0.1, -0.05) is 60.7 Å². The first-order valence-electron chi connectivity index (χ1n) is 14.5. The summed E-state index contributed by atoms with van der Waals surface area (Å²) in [6.45, 7) is 6.28. The van der Waals surface area contributed by atoms with Gasteiger partial charge in [0.05, 0.1) is 45.2 Å². The molecule has 0 aliphatic carbocycles. The van der Waals surface area contributed by atoms with E-state index in [9.17, 15) is 14.7 Å². The van der Waals surface area contributed by atoms with E-state index in [4.69, 9.17) is 0 Å². The number of carbonyl (C=O) groups excluding carboxylic acids is 1. The number of benzene rings is 3. The van der Waals surface area contributed by atoms with Crippen LogP contribution in [0.2, 0.25) is 0 Å². The maximum absolute atomic E-state index is 12.2. The first-order valence-corrected chi connectivity index (χ1v) is 14.5. The number of fused-ring (bicyclic) bond motifs is 1. The van der Waals surface area contributed by atoms with Crippen LogP contribution in [0.4, 0.5) is 0 Å². The second-order valence-corrected chi connectivity index (χ2v) is 10.6. The first-order chi connectivity index (χ1) is 19.0. The lowest BCUT2D eigenvalue weighted by Crippen LogP contribution is -2.85. The SMILES string of the molecule is [NH3+]CCC[NH2+]CCc1cc2ccc(C[C@H](C(=O)O)[C@@H](C=O)Cc3ccccc3)cc2cc1CC[NH2+]CCC[NH3+]. The minimum absolute atomic E-state index is 0.332. The zero-order chi connectivity index (χ0) is 27.9. The van der Waals surface area contributed by atoms with Crippen LogP contribution in [0.25, 0.3) is 10.8 Å². The van der Waals surface area contributed by atoms with Crippen LogP contribution in [-0.2, 0) is 35.3 Å². The van der Waals surface area contributed by atoms with Crippen LogP contribution in [0.1, 0.15) is 35.1 Å². The van der Waals surface area contributed by atoms with E-state index in [0.717, 1.165) is 87.8 Å². The minimum atomic E-state index is -0.924. The van der Waals surface area contributed by atoms with Crippen molar-refractivity contribution in [3.05, 3.63) is 82.9 Å². The summed E-state index contributed by atoms with van der Waals surface area (Å²) in [6.07, 6.45) is 5.89. The standard InChI is InChI=1S/C32H44N4O3/c33-12-4-14-35-16-10-27-21-26-9-8-25(19-29(26)22-28(27)11-17-36-15-5-13-34)20-31(32(38)39)30(23-37)18-24-6-2-1-3-7-24/h1-3,6-9,19,21-23,30-31,35-36H,4-5,10-18,20,33-34H2,(H,38,39)/p+4/t30-,31+/m1/s1. The molecule has 3 rings (SSSR count). The average Bonchev–Trinajstić information content (AvgIpc) is 2.95. The molecule has 7 nitrogen and oxygen atoms in total. The average molecular weight is 537 g/mol. The Kier molecular flexibility index (Phi) is 13.1. The maximum Gasteiger partial charge on any atom is 0.307 e. The fraction of sp³-hybridized carbons (Fsp3) is 0.438. The Morgan fingerprint density at radius 1 is 0.769 bits per heavy atom. The minimum Gasteiger partial charge on any atom is -0.481 e. The third-order valence-electron chi connectivity index (χ3n) is 7.55. The van der Waals surface area contributed by atoms with Crippen LogP contribution in [-0.4, -0.2) is 56.6 Å². The summed E-state index contributed by atoms with van der Waals surface area (Å²) < 4.78 is 0. The molecule has 0 aliphatic rings. The third kappa shape index (κ3) is 9.86. The van der Waals surface area contributed by atoms with Gasteiger partial charge in [0.2, 0.25) is 0 Å². The maximum atomic E-state index is 12.2. The number of nitrogens with two attached hydrogens (primary N) is 2. The molecule has 3 aromatic carbocycles. The molecule has 0 saturated carbocycles. The van der Waals surface area contributed by atoms with Crippen molar-refractivity contribution in [2.75, 3.05) is 39.3 Å². The number of carboxylic acids is 1. The van der Waals surface area contributed by atoms with Crippen molar-refractivity contribution < 1.29 is 36.8 Å². The number of aliphatic carboxylic acids is 1. The molecule has 3 aromatic rings. The molecule has 39 heavy (non-hydrogen) atoms. The van der Waals surface area contributed by atoms with Crippen LogP contribution >= 0.6 is 0 Å². The van der Waals surface area contributed by atoms with E-state index in [1.54, 1.807) is 0 Å². The molecule has 11 N–H and O–H groups in total. The molecule has 0 heterocycles. The number of quaternary nitrogens is 4. The van der Waals surface area contributed by atoms with Crippen molar-refractivity contribution in [2.45, 2.75) is 38.5 Å². The Balaban J connectivity index is 1.80. The second kappa shape index (κ2) is 16.8. The summed E-state index contributed by atoms with van der Waals surface area (Å²) in [4.78, 5) is 24.2. The lowest BCUT2D eigenvalue weighted by Gasteiger charge is -2.20. The van der Waals surface area contributed by atoms with Gasteiger partial charge in [0.1, 0.15) is 6.29 Å². The number of hydrogen-bond donors (Lipinski definition) is 5. The van der Waals surface area contributed by atoms with Gasteiger partial charge in [0.25, 0.3) is 0 Å². The molecule has 0 radical (unpaired) electrons. The summed E-state index contributed by atoms with van der Waals surface area (Å²) in [5.41, 5.74) is 12.6. The van der Waals surface area contributed by atoms with Crippen LogP contribution in [0.15, 0.2) is 60.7 Å². The highest BCUT2D eigenvalue weighted by Gasteiger charge is 2.28. The smallest absolute Gasteiger partial charge is 0.307 e. The normalized spacial score (nSPS) is 12.9. The Bertz CT molecular complexity index is 1170. The monoisotopic (exact) mass is 536 g/mol. The molecule has 210 valence electrons. The summed E-state index contributed by atoms with van der Waals surface area (Å²) in [6, 6.07) is 20.5. The highest BCUT2D eigenvalue weighted by Crippen LogP contribution is 2.26. The van der Waals surface area contributed by atoms with Crippen LogP contribution in [0, 0.1) is 11.8 Å². The zero-order valence-electron chi connectivity index (χ0n) is 23.3. The molecule has 0 amide bonds. The predicted molar refractivity (Wildman–Crippen MR) is 154 cm³/mol. The molecule has 0 bridgehead atoms. The topological polar surface area (TPSA) is 143 Å². The van der Waals surface area contributed by atoms with Crippen molar-refractivity contribution in [2.24, 2.45) is 11.8 Å². The lowest BCUT2D eigenvalue weighted by atomic mass is 9.83. The molecule has 7 heteroatoms. The molecule has 0 spiro atoms. The van der Waals surface area contributed by atoms with Crippen molar-refractivity contribution in [1.82, 2.24) is 0 Å². The number of rotatable bonds is 19. The highest BCUT2D eigenvalue weighted by atomic mass is 16.4. The van der Waals surface area contributed by atoms with Crippen molar-refractivity contribution in [3.63, 3.8) is 0 Å². The van der Waals surface area contributed by atoms with Crippen molar-refractivity contribution in [3.8, 4) is 0 Å². The van der Waals surface area contributed by atoms with Gasteiger partial charge in [0, 0.05) is 31.6 Å². The molecule has 0 fully saturated rings. The van der Waals surface area contributed by atoms with E-state index < -0.39 is 17.8 Å². The van der Waals surface area contributed by atoms with Crippen molar-refractivity contribution in [1.29, 1.82) is 0 Å². The van der Waals surface area contributed by atoms with Gasteiger partial charge in [-0.3, -0.25) is 4.79 Å². The fourth-order valence-corrected chi connectivity index (χ4v) is 5.26. The predicted octanol–water partition coefficient (Wildman–Crippen LogP) is -0.383. The van der Waals surface area contributed by atoms with Gasteiger partial charge in [-0.05, 0) is 45.9 Å². The van der Waals surface area contributed by atoms with E-state index in [1.165, 1.54) is 16.5 Å². The van der Waals surface area contributed by atoms with Gasteiger partial charge in [0.15, 0.2) is 0 Å². The van der Waals surface area contributed by atoms with E-state index in [1.807, 2.05) is 36.4 Å². The van der Waals surface area contributed by atoms with E-state index in [-0.39, 0.29) is 0 Å². The number of hydrogen-bond acceptors (Lipinski definition) is 2. The molecule has 2 atom stereocenters. The Morgan fingerprint density at radius 3 is 1.95 bits per heavy atom. The number of carboxylic acid groups (broad SMARTS) is 1. The summed E-state index contributed by atoms with van der Waals surface area (Å²) in [7, 11) is 0. The molecule has 0 aliphatic heterocycles. The fourth-order valence-electron chi connectivity index (χ4n) is 5.26. The third-order valence-corrected chi connectivity index (χ3v) is 7.55. The largest absolute Gasteiger partial charge is 0.481 e. The summed E-state index contributed by atoms with van der Waals surface area (Å²) in [5.74, 6) is -2.27. The zero-order valence-corrected chi connectivity index (χ0v) is 23.3. The summed E-state index contributed by atoms with van der Waals surface area (Å²) in [5, 5.41) is 17.1. The van der Waals surface area contributed by atoms with Gasteiger partial charge in [-0.25, -0.2) is 0 Å². The molecule has 0 saturated heterocycles. The summed E-state index contributed by atoms with van der Waals surface area (Å²) >= 11 is 0. The van der Waals surface area contributed by atoms with Crippen LogP contribution in [0.5, 0.6) is 0 Å². The Hall–Kier alpha value is -3.10. The Morgan fingerprint density at radius 2 is 1.38 bits per heavy atom. The van der Waals surface area contributed by atoms with Gasteiger partial charge >= 0.3 is 5.97 Å². The second-order valence-electron chi connectivity index (χ2n) is 10.6. The van der Waals surface area contributed by atoms with Crippen LogP contribution in [0.3, 0.4) is 0 Å². The molecule has 0 unspecified atom stereocenters. The molecular formula is C32H48N4O3+4. The van der Waals surface area contributed by atoms with Gasteiger partial charge in [-0.2, -0.15) is 0 Å². The number of carbonyl (C=O) groups is 2. The molecular weight excluding hydrogens is 488 g/mol. The van der Waals surface area contributed by atoms with Crippen molar-refractivity contribution >= 4 is 23.0 Å². The lowest BCUT2D eigenvalue weighted by molar-refractivity contribution is -0.657. The quantitative estimate of drug-likeness (QED) is 0.105. The first kappa shape index (κ1) is 30.4. The van der Waals surface area contributed by atoms with E-state index in [0.29, 0.717) is 12.8 Å². The number of aldehydes is 1. The Labute approximate surface area is 232 Å².